The molecule has 1 aliphatic rings. The van der Waals surface area contributed by atoms with Crippen LogP contribution in [0.15, 0.2) is 55.0 Å². The molecular weight excluding hydrogens is 398 g/mol. The molecule has 0 spiro atoms. The molecule has 4 aromatic rings. The highest BCUT2D eigenvalue weighted by Gasteiger charge is 2.17. The number of carbonyl (C=O) groups excluding carboxylic acids is 1. The van der Waals surface area contributed by atoms with Gasteiger partial charge in [0.2, 0.25) is 11.9 Å². The maximum absolute atomic E-state index is 11.6. The minimum Gasteiger partial charge on any atom is -0.328 e. The monoisotopic (exact) mass is 417 g/mol. The summed E-state index contributed by atoms with van der Waals surface area (Å²) in [6, 6.07) is 11.7. The second-order valence-electron chi connectivity index (χ2n) is 6.96. The molecule has 0 saturated carbocycles. The molecule has 0 unspecified atom stereocenters. The first-order chi connectivity index (χ1) is 14.7. The van der Waals surface area contributed by atoms with E-state index in [9.17, 15) is 4.79 Å². The Morgan fingerprint density at radius 2 is 2.17 bits per heavy atom. The third kappa shape index (κ3) is 3.55. The lowest BCUT2D eigenvalue weighted by atomic mass is 10.1. The van der Waals surface area contributed by atoms with E-state index in [0.717, 1.165) is 39.4 Å². The van der Waals surface area contributed by atoms with Gasteiger partial charge in [0.05, 0.1) is 13.0 Å². The van der Waals surface area contributed by atoms with Crippen molar-refractivity contribution in [1.82, 2.24) is 19.5 Å². The molecule has 5 rings (SSSR count). The highest BCUT2D eigenvalue weighted by Crippen LogP contribution is 2.27. The zero-order valence-electron chi connectivity index (χ0n) is 16.2. The largest absolute Gasteiger partial charge is 0.328 e. The maximum Gasteiger partial charge on any atom is 0.229 e. The van der Waals surface area contributed by atoms with Crippen molar-refractivity contribution >= 4 is 52.0 Å². The quantitative estimate of drug-likeness (QED) is 0.411. The van der Waals surface area contributed by atoms with E-state index in [-0.39, 0.29) is 5.91 Å². The maximum atomic E-state index is 11.6. The number of rotatable bonds is 6. The first-order valence-corrected chi connectivity index (χ1v) is 10.7. The van der Waals surface area contributed by atoms with Crippen LogP contribution in [-0.2, 0) is 17.8 Å². The van der Waals surface area contributed by atoms with Gasteiger partial charge in [-0.25, -0.2) is 9.97 Å². The van der Waals surface area contributed by atoms with Crippen molar-refractivity contribution in [3.63, 3.8) is 0 Å². The molecule has 0 atom stereocenters. The number of aromatic nitrogens is 4. The Bertz CT molecular complexity index is 1250. The van der Waals surface area contributed by atoms with Crippen LogP contribution < -0.4 is 15.4 Å². The second-order valence-corrected chi connectivity index (χ2v) is 7.57. The third-order valence-corrected chi connectivity index (χ3v) is 5.32. The van der Waals surface area contributed by atoms with Crippen LogP contribution in [-0.4, -0.2) is 31.7 Å². The molecule has 8 nitrogen and oxygen atoms in total. The molecule has 0 aliphatic carbocycles. The zero-order chi connectivity index (χ0) is 20.5. The van der Waals surface area contributed by atoms with E-state index in [1.54, 1.807) is 6.20 Å². The average molecular weight is 417 g/mol. The molecule has 4 heterocycles. The van der Waals surface area contributed by atoms with Crippen LogP contribution in [0.25, 0.3) is 11.0 Å². The highest BCUT2D eigenvalue weighted by molar-refractivity contribution is 7.99. The van der Waals surface area contributed by atoms with Crippen LogP contribution in [0.5, 0.6) is 0 Å². The van der Waals surface area contributed by atoms with Gasteiger partial charge in [-0.1, -0.05) is 18.0 Å². The SMILES string of the molecule is CSNc1ncccc1Cn1ccc2cnc(Nc3ccc4c(c3)CC(=O)N4)nc21. The van der Waals surface area contributed by atoms with Gasteiger partial charge < -0.3 is 19.9 Å². The Labute approximate surface area is 177 Å². The van der Waals surface area contributed by atoms with E-state index < -0.39 is 0 Å². The number of fused-ring (bicyclic) bond motifs is 2. The number of nitrogens with one attached hydrogen (secondary N) is 3. The van der Waals surface area contributed by atoms with Crippen molar-refractivity contribution in [2.45, 2.75) is 13.0 Å². The van der Waals surface area contributed by atoms with Crippen LogP contribution in [0.3, 0.4) is 0 Å². The smallest absolute Gasteiger partial charge is 0.229 e. The number of nitrogens with zero attached hydrogens (tertiary/aromatic N) is 4. The number of pyridine rings is 1. The van der Waals surface area contributed by atoms with Crippen molar-refractivity contribution in [3.8, 4) is 0 Å². The van der Waals surface area contributed by atoms with E-state index in [0.29, 0.717) is 18.9 Å². The van der Waals surface area contributed by atoms with Crippen molar-refractivity contribution in [2.24, 2.45) is 0 Å². The molecule has 9 heteroatoms. The minimum absolute atomic E-state index is 0.0170. The summed E-state index contributed by atoms with van der Waals surface area (Å²) in [5.41, 5.74) is 4.60. The number of benzene rings is 1. The predicted octanol–water partition coefficient (Wildman–Crippen LogP) is 3.80. The van der Waals surface area contributed by atoms with Gasteiger partial charge in [-0.15, -0.1) is 0 Å². The fraction of sp³-hybridized carbons (Fsp3) is 0.143. The standard InChI is InChI=1S/C21H19N7OS/c1-30-27-19-14(3-2-7-22-19)12-28-8-6-13-11-23-21(26-20(13)28)24-16-4-5-17-15(9-16)10-18(29)25-17/h2-9,11H,10,12H2,1H3,(H,22,27)(H,25,29)(H,23,24,26). The summed E-state index contributed by atoms with van der Waals surface area (Å²) in [5.74, 6) is 1.37. The van der Waals surface area contributed by atoms with Crippen molar-refractivity contribution in [3.05, 3.63) is 66.1 Å². The normalized spacial score (nSPS) is 12.6. The van der Waals surface area contributed by atoms with Crippen LogP contribution in [0, 0.1) is 0 Å². The van der Waals surface area contributed by atoms with Gasteiger partial charge in [0.15, 0.2) is 0 Å². The van der Waals surface area contributed by atoms with Crippen molar-refractivity contribution in [2.75, 3.05) is 21.6 Å². The Balaban J connectivity index is 1.43. The average Bonchev–Trinajstić information content (AvgIpc) is 3.31. The lowest BCUT2D eigenvalue weighted by molar-refractivity contribution is -0.115. The fourth-order valence-corrected chi connectivity index (χ4v) is 3.91. The molecule has 150 valence electrons. The summed E-state index contributed by atoms with van der Waals surface area (Å²) in [6.07, 6.45) is 7.96. The third-order valence-electron chi connectivity index (χ3n) is 4.92. The van der Waals surface area contributed by atoms with Gasteiger partial charge in [-0.05, 0) is 35.9 Å². The molecular formula is C21H19N7OS. The second kappa shape index (κ2) is 7.68. The Morgan fingerprint density at radius 1 is 1.23 bits per heavy atom. The van der Waals surface area contributed by atoms with Crippen molar-refractivity contribution in [1.29, 1.82) is 0 Å². The predicted molar refractivity (Wildman–Crippen MR) is 120 cm³/mol. The van der Waals surface area contributed by atoms with Gasteiger partial charge in [-0.2, -0.15) is 4.98 Å². The van der Waals surface area contributed by atoms with Gasteiger partial charge in [-0.3, -0.25) is 4.79 Å². The summed E-state index contributed by atoms with van der Waals surface area (Å²) in [7, 11) is 0. The summed E-state index contributed by atoms with van der Waals surface area (Å²) >= 11 is 1.51. The van der Waals surface area contributed by atoms with E-state index in [1.165, 1.54) is 11.9 Å². The van der Waals surface area contributed by atoms with Gasteiger partial charge in [0, 0.05) is 47.2 Å². The topological polar surface area (TPSA) is 96.8 Å². The lowest BCUT2D eigenvalue weighted by Gasteiger charge is -2.11. The number of amides is 1. The molecule has 1 aromatic carbocycles. The van der Waals surface area contributed by atoms with E-state index in [1.807, 2.05) is 49.0 Å². The van der Waals surface area contributed by atoms with Crippen LogP contribution >= 0.6 is 11.9 Å². The van der Waals surface area contributed by atoms with Crippen LogP contribution in [0.4, 0.5) is 23.1 Å². The first-order valence-electron chi connectivity index (χ1n) is 9.44. The number of hydrogen-bond donors (Lipinski definition) is 3. The van der Waals surface area contributed by atoms with Crippen LogP contribution in [0.2, 0.25) is 0 Å². The molecule has 3 aromatic heterocycles. The molecule has 1 aliphatic heterocycles. The molecule has 30 heavy (non-hydrogen) atoms. The molecule has 0 radical (unpaired) electrons. The Hall–Kier alpha value is -3.59. The first kappa shape index (κ1) is 18.4. The number of anilines is 4. The number of hydrogen-bond acceptors (Lipinski definition) is 7. The summed E-state index contributed by atoms with van der Waals surface area (Å²) in [5, 5.41) is 7.06. The Kier molecular flexibility index (Phi) is 4.72. The highest BCUT2D eigenvalue weighted by atomic mass is 32.2. The Morgan fingerprint density at radius 3 is 3.07 bits per heavy atom. The fourth-order valence-electron chi connectivity index (χ4n) is 3.53. The molecule has 3 N–H and O–H groups in total. The van der Waals surface area contributed by atoms with Crippen molar-refractivity contribution < 1.29 is 4.79 Å². The van der Waals surface area contributed by atoms with E-state index >= 15 is 0 Å². The van der Waals surface area contributed by atoms with Gasteiger partial charge in [0.1, 0.15) is 11.5 Å². The van der Waals surface area contributed by atoms with E-state index in [2.05, 4.69) is 36.0 Å². The van der Waals surface area contributed by atoms with Gasteiger partial charge >= 0.3 is 0 Å². The zero-order valence-corrected chi connectivity index (χ0v) is 17.0. The molecule has 0 bridgehead atoms. The number of carbonyl (C=O) groups is 1. The molecule has 1 amide bonds. The lowest BCUT2D eigenvalue weighted by Crippen LogP contribution is -2.05. The van der Waals surface area contributed by atoms with Crippen LogP contribution in [0.1, 0.15) is 11.1 Å². The summed E-state index contributed by atoms with van der Waals surface area (Å²) in [4.78, 5) is 25.1. The van der Waals surface area contributed by atoms with E-state index in [4.69, 9.17) is 4.98 Å². The minimum atomic E-state index is 0.0170. The van der Waals surface area contributed by atoms with Gasteiger partial charge in [0.25, 0.3) is 0 Å². The summed E-state index contributed by atoms with van der Waals surface area (Å²) < 4.78 is 5.30. The molecule has 0 saturated heterocycles. The molecule has 0 fully saturated rings. The summed E-state index contributed by atoms with van der Waals surface area (Å²) in [6.45, 7) is 0.642.